The van der Waals surface area contributed by atoms with Crippen molar-refractivity contribution in [2.45, 2.75) is 11.9 Å². The van der Waals surface area contributed by atoms with Crippen molar-refractivity contribution in [1.29, 1.82) is 0 Å². The summed E-state index contributed by atoms with van der Waals surface area (Å²) >= 11 is 1.68. The third-order valence-corrected chi connectivity index (χ3v) is 5.56. The number of nitrogens with two attached hydrogens (primary N) is 1. The van der Waals surface area contributed by atoms with Crippen molar-refractivity contribution in [3.8, 4) is 0 Å². The van der Waals surface area contributed by atoms with Crippen LogP contribution in [0.4, 0.5) is 5.69 Å². The molecule has 1 unspecified atom stereocenters. The van der Waals surface area contributed by atoms with E-state index in [1.807, 2.05) is 17.0 Å². The van der Waals surface area contributed by atoms with Gasteiger partial charge >= 0.3 is 0 Å². The van der Waals surface area contributed by atoms with E-state index < -0.39 is 15.2 Å². The van der Waals surface area contributed by atoms with Crippen LogP contribution in [0.5, 0.6) is 0 Å². The summed E-state index contributed by atoms with van der Waals surface area (Å²) in [4.78, 5) is 6.07. The number of sulfone groups is 1. The van der Waals surface area contributed by atoms with Gasteiger partial charge in [0.1, 0.15) is 5.37 Å². The Morgan fingerprint density at radius 1 is 1.61 bits per heavy atom. The molecule has 5 nitrogen and oxygen atoms in total. The van der Waals surface area contributed by atoms with Gasteiger partial charge in [-0.05, 0) is 12.1 Å². The van der Waals surface area contributed by atoms with Gasteiger partial charge in [-0.15, -0.1) is 0 Å². The molecule has 0 bridgehead atoms. The smallest absolute Gasteiger partial charge is 0.169 e. The number of hydrogen-bond acceptors (Lipinski definition) is 6. The van der Waals surface area contributed by atoms with E-state index in [9.17, 15) is 8.42 Å². The zero-order valence-electron chi connectivity index (χ0n) is 10.2. The van der Waals surface area contributed by atoms with Crippen LogP contribution in [0, 0.1) is 0 Å². The minimum Gasteiger partial charge on any atom is -0.353 e. The minimum atomic E-state index is -3.09. The van der Waals surface area contributed by atoms with Crippen LogP contribution in [0.1, 0.15) is 5.69 Å². The molecule has 0 aliphatic carbocycles. The molecule has 2 rings (SSSR count). The van der Waals surface area contributed by atoms with E-state index in [1.165, 1.54) is 6.26 Å². The van der Waals surface area contributed by atoms with E-state index >= 15 is 0 Å². The Morgan fingerprint density at radius 3 is 3.06 bits per heavy atom. The SMILES string of the molecule is CS(=O)(=O)C1CSCCN1c1ccnc(CN)c1. The van der Waals surface area contributed by atoms with Crippen LogP contribution in [0.3, 0.4) is 0 Å². The number of anilines is 1. The Labute approximate surface area is 112 Å². The fraction of sp³-hybridized carbons (Fsp3) is 0.545. The zero-order chi connectivity index (χ0) is 13.2. The third-order valence-electron chi connectivity index (χ3n) is 2.92. The molecule has 1 saturated heterocycles. The van der Waals surface area contributed by atoms with Gasteiger partial charge in [-0.1, -0.05) is 0 Å². The maximum absolute atomic E-state index is 11.8. The number of thioether (sulfide) groups is 1. The van der Waals surface area contributed by atoms with Crippen molar-refractivity contribution in [1.82, 2.24) is 4.98 Å². The highest BCUT2D eigenvalue weighted by Gasteiger charge is 2.31. The fourth-order valence-electron chi connectivity index (χ4n) is 1.99. The standard InChI is InChI=1S/C11H17N3O2S2/c1-18(15,16)11-8-17-5-4-14(11)10-2-3-13-9(6-10)7-12/h2-3,6,11H,4-5,7-8,12H2,1H3. The van der Waals surface area contributed by atoms with Crippen molar-refractivity contribution in [2.75, 3.05) is 29.2 Å². The molecule has 1 aliphatic rings. The van der Waals surface area contributed by atoms with Crippen LogP contribution >= 0.6 is 11.8 Å². The van der Waals surface area contributed by atoms with E-state index in [0.717, 1.165) is 23.7 Å². The highest BCUT2D eigenvalue weighted by molar-refractivity contribution is 8.01. The van der Waals surface area contributed by atoms with Gasteiger partial charge in [0, 0.05) is 42.7 Å². The summed E-state index contributed by atoms with van der Waals surface area (Å²) < 4.78 is 23.7. The van der Waals surface area contributed by atoms with Crippen LogP contribution in [0.2, 0.25) is 0 Å². The van der Waals surface area contributed by atoms with Gasteiger partial charge in [0.2, 0.25) is 0 Å². The van der Waals surface area contributed by atoms with Gasteiger partial charge in [-0.3, -0.25) is 4.98 Å². The lowest BCUT2D eigenvalue weighted by Crippen LogP contribution is -2.47. The molecule has 0 spiro atoms. The Bertz CT molecular complexity index is 519. The number of rotatable bonds is 3. The highest BCUT2D eigenvalue weighted by Crippen LogP contribution is 2.26. The monoisotopic (exact) mass is 287 g/mol. The molecule has 0 saturated carbocycles. The largest absolute Gasteiger partial charge is 0.353 e. The summed E-state index contributed by atoms with van der Waals surface area (Å²) in [5.74, 6) is 1.55. The molecule has 2 heterocycles. The van der Waals surface area contributed by atoms with Crippen LogP contribution in [0.25, 0.3) is 0 Å². The molecule has 1 fully saturated rings. The Balaban J connectivity index is 2.33. The Morgan fingerprint density at radius 2 is 2.39 bits per heavy atom. The summed E-state index contributed by atoms with van der Waals surface area (Å²) in [5, 5.41) is -0.454. The second kappa shape index (κ2) is 5.46. The second-order valence-corrected chi connectivity index (χ2v) is 7.62. The molecular weight excluding hydrogens is 270 g/mol. The summed E-state index contributed by atoms with van der Waals surface area (Å²) in [6.45, 7) is 1.09. The maximum Gasteiger partial charge on any atom is 0.169 e. The van der Waals surface area contributed by atoms with Crippen molar-refractivity contribution < 1.29 is 8.42 Å². The summed E-state index contributed by atoms with van der Waals surface area (Å²) in [6, 6.07) is 3.71. The minimum absolute atomic E-state index is 0.361. The average molecular weight is 287 g/mol. The quantitative estimate of drug-likeness (QED) is 0.870. The lowest BCUT2D eigenvalue weighted by molar-refractivity contribution is 0.584. The van der Waals surface area contributed by atoms with E-state index in [4.69, 9.17) is 5.73 Å². The van der Waals surface area contributed by atoms with Crippen LogP contribution in [-0.4, -0.2) is 43.1 Å². The van der Waals surface area contributed by atoms with Crippen LogP contribution < -0.4 is 10.6 Å². The van der Waals surface area contributed by atoms with E-state index in [2.05, 4.69) is 4.98 Å². The van der Waals surface area contributed by atoms with Gasteiger partial charge < -0.3 is 10.6 Å². The predicted octanol–water partition coefficient (Wildman–Crippen LogP) is 0.464. The first-order valence-corrected chi connectivity index (χ1v) is 8.81. The Kier molecular flexibility index (Phi) is 4.14. The first-order valence-electron chi connectivity index (χ1n) is 5.70. The zero-order valence-corrected chi connectivity index (χ0v) is 11.9. The number of nitrogens with zero attached hydrogens (tertiary/aromatic N) is 2. The molecule has 0 aromatic carbocycles. The predicted molar refractivity (Wildman–Crippen MR) is 75.4 cm³/mol. The normalized spacial score (nSPS) is 21.0. The fourth-order valence-corrected chi connectivity index (χ4v) is 4.83. The number of hydrogen-bond donors (Lipinski definition) is 1. The summed E-state index contributed by atoms with van der Waals surface area (Å²) in [7, 11) is -3.09. The first kappa shape index (κ1) is 13.6. The molecule has 2 N–H and O–H groups in total. The van der Waals surface area contributed by atoms with Gasteiger partial charge in [0.15, 0.2) is 9.84 Å². The highest BCUT2D eigenvalue weighted by atomic mass is 32.2. The van der Waals surface area contributed by atoms with Gasteiger partial charge in [-0.2, -0.15) is 11.8 Å². The molecule has 1 atom stereocenters. The maximum atomic E-state index is 11.8. The first-order chi connectivity index (χ1) is 8.52. The van der Waals surface area contributed by atoms with E-state index in [-0.39, 0.29) is 0 Å². The molecule has 0 radical (unpaired) electrons. The topological polar surface area (TPSA) is 76.3 Å². The van der Waals surface area contributed by atoms with Crippen LogP contribution in [-0.2, 0) is 16.4 Å². The molecular formula is C11H17N3O2S2. The average Bonchev–Trinajstić information content (AvgIpc) is 2.38. The van der Waals surface area contributed by atoms with E-state index in [1.54, 1.807) is 18.0 Å². The van der Waals surface area contributed by atoms with Crippen molar-refractivity contribution in [2.24, 2.45) is 5.73 Å². The lowest BCUT2D eigenvalue weighted by atomic mass is 10.3. The molecule has 1 aromatic rings. The van der Waals surface area contributed by atoms with Crippen molar-refractivity contribution in [3.05, 3.63) is 24.0 Å². The van der Waals surface area contributed by atoms with Gasteiger partial charge in [-0.25, -0.2) is 8.42 Å². The van der Waals surface area contributed by atoms with Gasteiger partial charge in [0.05, 0.1) is 5.69 Å². The molecule has 100 valence electrons. The van der Waals surface area contributed by atoms with Gasteiger partial charge in [0.25, 0.3) is 0 Å². The Hall–Kier alpha value is -0.790. The summed E-state index contributed by atoms with van der Waals surface area (Å²) in [6.07, 6.45) is 2.97. The third kappa shape index (κ3) is 2.96. The molecule has 0 amide bonds. The summed E-state index contributed by atoms with van der Waals surface area (Å²) in [5.41, 5.74) is 7.23. The number of pyridine rings is 1. The van der Waals surface area contributed by atoms with Crippen molar-refractivity contribution in [3.63, 3.8) is 0 Å². The molecule has 18 heavy (non-hydrogen) atoms. The molecule has 1 aliphatic heterocycles. The van der Waals surface area contributed by atoms with Crippen molar-refractivity contribution >= 4 is 27.3 Å². The molecule has 7 heteroatoms. The van der Waals surface area contributed by atoms with Crippen LogP contribution in [0.15, 0.2) is 18.3 Å². The van der Waals surface area contributed by atoms with E-state index in [0.29, 0.717) is 12.3 Å². The molecule has 1 aromatic heterocycles. The lowest BCUT2D eigenvalue weighted by Gasteiger charge is -2.35. The second-order valence-electron chi connectivity index (χ2n) is 4.26. The number of aromatic nitrogens is 1.